The predicted octanol–water partition coefficient (Wildman–Crippen LogP) is 5.44. The molecule has 0 aliphatic heterocycles. The number of hydrogen-bond donors (Lipinski definition) is 0. The van der Waals surface area contributed by atoms with Crippen LogP contribution in [0.15, 0.2) is 24.3 Å². The first-order valence-electron chi connectivity index (χ1n) is 5.20. The van der Waals surface area contributed by atoms with Gasteiger partial charge < -0.3 is 0 Å². The molecule has 1 aromatic carbocycles. The lowest BCUT2D eigenvalue weighted by Gasteiger charge is -2.09. The second-order valence-electron chi connectivity index (χ2n) is 3.91. The smallest absolute Gasteiger partial charge is 0.0495 e. The Morgan fingerprint density at radius 1 is 1.33 bits per heavy atom. The van der Waals surface area contributed by atoms with Gasteiger partial charge in [-0.25, -0.2) is 0 Å². The van der Waals surface area contributed by atoms with Crippen LogP contribution in [0.2, 0.25) is 10.0 Å². The highest BCUT2D eigenvalue weighted by molar-refractivity contribution is 6.35. The van der Waals surface area contributed by atoms with E-state index in [0.717, 1.165) is 17.0 Å². The fourth-order valence-electron chi connectivity index (χ4n) is 1.55. The van der Waals surface area contributed by atoms with Crippen molar-refractivity contribution in [3.05, 3.63) is 39.9 Å². The maximum absolute atomic E-state index is 6.16. The number of rotatable bonds is 3. The molecule has 0 aliphatic carbocycles. The van der Waals surface area contributed by atoms with E-state index in [4.69, 9.17) is 23.2 Å². The zero-order valence-electron chi connectivity index (χ0n) is 9.35. The van der Waals surface area contributed by atoms with Gasteiger partial charge in [0, 0.05) is 10.0 Å². The van der Waals surface area contributed by atoms with E-state index < -0.39 is 0 Å². The van der Waals surface area contributed by atoms with Crippen molar-refractivity contribution in [2.75, 3.05) is 0 Å². The maximum atomic E-state index is 6.16. The van der Waals surface area contributed by atoms with Crippen molar-refractivity contribution in [2.24, 2.45) is 5.92 Å². The minimum atomic E-state index is 0.534. The summed E-state index contributed by atoms with van der Waals surface area (Å²) in [4.78, 5) is 0. The standard InChI is InChI=1S/C13H16Cl2/c1-4-10(7-9(2)3)12-6-5-11(14)8-13(12)15/h5-9H,4H2,1-3H3/b10-7-. The van der Waals surface area contributed by atoms with Gasteiger partial charge in [0.25, 0.3) is 0 Å². The number of hydrogen-bond acceptors (Lipinski definition) is 0. The predicted molar refractivity (Wildman–Crippen MR) is 69.6 cm³/mol. The SMILES string of the molecule is CC/C(=C/C(C)C)c1ccc(Cl)cc1Cl. The van der Waals surface area contributed by atoms with Crippen molar-refractivity contribution < 1.29 is 0 Å². The van der Waals surface area contributed by atoms with Crippen molar-refractivity contribution in [1.82, 2.24) is 0 Å². The third-order valence-corrected chi connectivity index (χ3v) is 2.74. The Bertz CT molecular complexity index is 365. The van der Waals surface area contributed by atoms with Gasteiger partial charge >= 0.3 is 0 Å². The normalized spacial score (nSPS) is 12.3. The lowest BCUT2D eigenvalue weighted by molar-refractivity contribution is 0.830. The van der Waals surface area contributed by atoms with Crippen LogP contribution < -0.4 is 0 Å². The maximum Gasteiger partial charge on any atom is 0.0495 e. The first kappa shape index (κ1) is 12.6. The van der Waals surface area contributed by atoms with Crippen LogP contribution in [0.25, 0.3) is 5.57 Å². The van der Waals surface area contributed by atoms with Crippen LogP contribution in [0, 0.1) is 5.92 Å². The average Bonchev–Trinajstić information content (AvgIpc) is 2.14. The molecule has 0 amide bonds. The third kappa shape index (κ3) is 3.55. The summed E-state index contributed by atoms with van der Waals surface area (Å²) < 4.78 is 0. The van der Waals surface area contributed by atoms with Crippen molar-refractivity contribution in [1.29, 1.82) is 0 Å². The van der Waals surface area contributed by atoms with Gasteiger partial charge in [-0.15, -0.1) is 0 Å². The van der Waals surface area contributed by atoms with E-state index in [1.54, 1.807) is 6.07 Å². The lowest BCUT2D eigenvalue weighted by atomic mass is 9.99. The van der Waals surface area contributed by atoms with Gasteiger partial charge in [0.15, 0.2) is 0 Å². The van der Waals surface area contributed by atoms with Crippen LogP contribution in [0.5, 0.6) is 0 Å². The quantitative estimate of drug-likeness (QED) is 0.662. The van der Waals surface area contributed by atoms with Gasteiger partial charge in [0.05, 0.1) is 0 Å². The molecular formula is C13H16Cl2. The summed E-state index contributed by atoms with van der Waals surface area (Å²) in [6, 6.07) is 5.66. The summed E-state index contributed by atoms with van der Waals surface area (Å²) in [7, 11) is 0. The average molecular weight is 243 g/mol. The Morgan fingerprint density at radius 2 is 2.00 bits per heavy atom. The molecule has 1 aromatic rings. The minimum absolute atomic E-state index is 0.534. The van der Waals surface area contributed by atoms with Crippen LogP contribution in [0.1, 0.15) is 32.8 Å². The molecule has 1 rings (SSSR count). The summed E-state index contributed by atoms with van der Waals surface area (Å²) in [5.74, 6) is 0.534. The van der Waals surface area contributed by atoms with E-state index in [1.807, 2.05) is 12.1 Å². The molecule has 0 nitrogen and oxygen atoms in total. The van der Waals surface area contributed by atoms with Crippen LogP contribution in [0.4, 0.5) is 0 Å². The first-order chi connectivity index (χ1) is 7.04. The Hall–Kier alpha value is -0.460. The van der Waals surface area contributed by atoms with Gasteiger partial charge in [0.2, 0.25) is 0 Å². The highest BCUT2D eigenvalue weighted by Gasteiger charge is 2.05. The van der Waals surface area contributed by atoms with Gasteiger partial charge in [-0.1, -0.05) is 56.1 Å². The molecule has 2 heteroatoms. The lowest BCUT2D eigenvalue weighted by Crippen LogP contribution is -1.88. The fraction of sp³-hybridized carbons (Fsp3) is 0.385. The monoisotopic (exact) mass is 242 g/mol. The molecular weight excluding hydrogens is 227 g/mol. The summed E-state index contributed by atoms with van der Waals surface area (Å²) in [5.41, 5.74) is 2.38. The molecule has 0 saturated carbocycles. The molecule has 15 heavy (non-hydrogen) atoms. The van der Waals surface area contributed by atoms with E-state index in [1.165, 1.54) is 5.57 Å². The molecule has 0 saturated heterocycles. The first-order valence-corrected chi connectivity index (χ1v) is 5.96. The molecule has 0 heterocycles. The molecule has 82 valence electrons. The Balaban J connectivity index is 3.13. The second-order valence-corrected chi connectivity index (χ2v) is 4.76. The zero-order valence-corrected chi connectivity index (χ0v) is 10.9. The largest absolute Gasteiger partial charge is 0.0843 e. The van der Waals surface area contributed by atoms with Crippen LogP contribution in [-0.2, 0) is 0 Å². The van der Waals surface area contributed by atoms with Crippen molar-refractivity contribution in [2.45, 2.75) is 27.2 Å². The van der Waals surface area contributed by atoms with Crippen molar-refractivity contribution in [3.8, 4) is 0 Å². The van der Waals surface area contributed by atoms with Gasteiger partial charge in [0.1, 0.15) is 0 Å². The molecule has 0 fully saturated rings. The molecule has 0 radical (unpaired) electrons. The van der Waals surface area contributed by atoms with Crippen molar-refractivity contribution >= 4 is 28.8 Å². The highest BCUT2D eigenvalue weighted by Crippen LogP contribution is 2.29. The fourth-order valence-corrected chi connectivity index (χ4v) is 2.08. The molecule has 0 bridgehead atoms. The second kappa shape index (κ2) is 5.58. The van der Waals surface area contributed by atoms with E-state index >= 15 is 0 Å². The Labute approximate surface area is 102 Å². The summed E-state index contributed by atoms with van der Waals surface area (Å²) >= 11 is 12.0. The topological polar surface area (TPSA) is 0 Å². The minimum Gasteiger partial charge on any atom is -0.0843 e. The Morgan fingerprint density at radius 3 is 2.47 bits per heavy atom. The summed E-state index contributed by atoms with van der Waals surface area (Å²) in [5, 5.41) is 1.42. The third-order valence-electron chi connectivity index (χ3n) is 2.19. The zero-order chi connectivity index (χ0) is 11.4. The number of benzene rings is 1. The summed E-state index contributed by atoms with van der Waals surface area (Å²) in [6.45, 7) is 6.47. The number of allylic oxidation sites excluding steroid dienone is 2. The highest BCUT2D eigenvalue weighted by atomic mass is 35.5. The molecule has 0 N–H and O–H groups in total. The molecule has 0 spiro atoms. The molecule has 0 aliphatic rings. The van der Waals surface area contributed by atoms with E-state index in [2.05, 4.69) is 26.8 Å². The van der Waals surface area contributed by atoms with Crippen LogP contribution in [-0.4, -0.2) is 0 Å². The number of halogens is 2. The van der Waals surface area contributed by atoms with Crippen LogP contribution >= 0.6 is 23.2 Å². The van der Waals surface area contributed by atoms with Gasteiger partial charge in [-0.3, -0.25) is 0 Å². The molecule has 0 atom stereocenters. The molecule has 0 unspecified atom stereocenters. The van der Waals surface area contributed by atoms with E-state index in [-0.39, 0.29) is 0 Å². The van der Waals surface area contributed by atoms with Crippen molar-refractivity contribution in [3.63, 3.8) is 0 Å². The van der Waals surface area contributed by atoms with Gasteiger partial charge in [-0.2, -0.15) is 0 Å². The van der Waals surface area contributed by atoms with Gasteiger partial charge in [-0.05, 0) is 35.6 Å². The molecule has 0 aromatic heterocycles. The summed E-state index contributed by atoms with van der Waals surface area (Å²) in [6.07, 6.45) is 3.23. The Kier molecular flexibility index (Phi) is 4.69. The van der Waals surface area contributed by atoms with E-state index in [0.29, 0.717) is 10.9 Å². The van der Waals surface area contributed by atoms with E-state index in [9.17, 15) is 0 Å². The van der Waals surface area contributed by atoms with Crippen LogP contribution in [0.3, 0.4) is 0 Å².